The molecule has 17 heavy (non-hydrogen) atoms. The van der Waals surface area contributed by atoms with Gasteiger partial charge in [0.15, 0.2) is 6.29 Å². The first kappa shape index (κ1) is 12.5. The molecule has 0 spiro atoms. The molecule has 1 aromatic carbocycles. The second-order valence-corrected chi connectivity index (χ2v) is 4.21. The van der Waals surface area contributed by atoms with Crippen molar-refractivity contribution in [2.75, 3.05) is 13.2 Å². The minimum absolute atomic E-state index is 0.00954. The van der Waals surface area contributed by atoms with Crippen LogP contribution in [-0.4, -0.2) is 25.3 Å². The van der Waals surface area contributed by atoms with Gasteiger partial charge in [0.05, 0.1) is 24.7 Å². The number of halogens is 2. The Kier molecular flexibility index (Phi) is 4.10. The Bertz CT molecular complexity index is 416. The summed E-state index contributed by atoms with van der Waals surface area (Å²) in [5.74, 6) is -0.658. The highest BCUT2D eigenvalue weighted by Gasteiger charge is 2.20. The number of rotatable bonds is 4. The van der Waals surface area contributed by atoms with Crippen LogP contribution in [0.4, 0.5) is 4.39 Å². The van der Waals surface area contributed by atoms with Crippen molar-refractivity contribution in [1.82, 2.24) is 0 Å². The Morgan fingerprint density at radius 2 is 2.12 bits per heavy atom. The zero-order valence-corrected chi connectivity index (χ0v) is 9.87. The van der Waals surface area contributed by atoms with Crippen molar-refractivity contribution < 1.29 is 18.7 Å². The van der Waals surface area contributed by atoms with Crippen molar-refractivity contribution in [1.29, 1.82) is 0 Å². The van der Waals surface area contributed by atoms with Gasteiger partial charge in [-0.15, -0.1) is 0 Å². The first-order valence-electron chi connectivity index (χ1n) is 5.34. The van der Waals surface area contributed by atoms with E-state index in [0.29, 0.717) is 18.8 Å². The van der Waals surface area contributed by atoms with Crippen LogP contribution in [0, 0.1) is 5.82 Å². The number of ketones is 1. The summed E-state index contributed by atoms with van der Waals surface area (Å²) in [6, 6.07) is 4.63. The Hall–Kier alpha value is -0.970. The molecule has 0 radical (unpaired) electrons. The van der Waals surface area contributed by atoms with Gasteiger partial charge in [-0.3, -0.25) is 4.79 Å². The third-order valence-corrected chi connectivity index (χ3v) is 2.80. The van der Waals surface area contributed by atoms with E-state index >= 15 is 0 Å². The predicted molar refractivity (Wildman–Crippen MR) is 60.4 cm³/mol. The van der Waals surface area contributed by atoms with Crippen molar-refractivity contribution in [3.63, 3.8) is 0 Å². The Morgan fingerprint density at radius 3 is 2.82 bits per heavy atom. The minimum Gasteiger partial charge on any atom is -0.350 e. The quantitative estimate of drug-likeness (QED) is 0.832. The maximum Gasteiger partial charge on any atom is 0.164 e. The van der Waals surface area contributed by atoms with Crippen LogP contribution in [0.1, 0.15) is 12.0 Å². The SMILES string of the molecule is O=C(Cc1cccc(Cl)c1F)CC1OCCO1. The topological polar surface area (TPSA) is 35.5 Å². The molecule has 3 nitrogen and oxygen atoms in total. The minimum atomic E-state index is -0.532. The van der Waals surface area contributed by atoms with Crippen molar-refractivity contribution in [3.8, 4) is 0 Å². The number of hydrogen-bond acceptors (Lipinski definition) is 3. The third-order valence-electron chi connectivity index (χ3n) is 2.50. The van der Waals surface area contributed by atoms with Crippen LogP contribution in [0.3, 0.4) is 0 Å². The van der Waals surface area contributed by atoms with E-state index < -0.39 is 12.1 Å². The average Bonchev–Trinajstić information content (AvgIpc) is 2.77. The van der Waals surface area contributed by atoms with Crippen molar-refractivity contribution in [2.45, 2.75) is 19.1 Å². The fraction of sp³-hybridized carbons (Fsp3) is 0.417. The van der Waals surface area contributed by atoms with E-state index in [0.717, 1.165) is 0 Å². The van der Waals surface area contributed by atoms with Crippen LogP contribution in [-0.2, 0) is 20.7 Å². The maximum absolute atomic E-state index is 13.5. The van der Waals surface area contributed by atoms with Gasteiger partial charge in [0.25, 0.3) is 0 Å². The molecule has 5 heteroatoms. The molecular formula is C12H12ClFO3. The molecule has 0 saturated carbocycles. The maximum atomic E-state index is 13.5. The predicted octanol–water partition coefficient (Wildman–Crippen LogP) is 2.35. The van der Waals surface area contributed by atoms with Crippen molar-refractivity contribution in [2.24, 2.45) is 0 Å². The zero-order chi connectivity index (χ0) is 12.3. The molecule has 0 aliphatic carbocycles. The first-order chi connectivity index (χ1) is 8.16. The summed E-state index contributed by atoms with van der Waals surface area (Å²) in [6.07, 6.45) is -0.327. The molecule has 0 unspecified atom stereocenters. The molecule has 0 atom stereocenters. The normalized spacial score (nSPS) is 16.4. The van der Waals surface area contributed by atoms with Gasteiger partial charge in [0.2, 0.25) is 0 Å². The molecule has 0 amide bonds. The lowest BCUT2D eigenvalue weighted by molar-refractivity contribution is -0.126. The molecule has 1 aliphatic rings. The van der Waals surface area contributed by atoms with Gasteiger partial charge in [0, 0.05) is 6.42 Å². The molecule has 1 aliphatic heterocycles. The molecule has 92 valence electrons. The number of benzene rings is 1. The molecule has 0 N–H and O–H groups in total. The van der Waals surface area contributed by atoms with Crippen LogP contribution in [0.15, 0.2) is 18.2 Å². The zero-order valence-electron chi connectivity index (χ0n) is 9.12. The van der Waals surface area contributed by atoms with Crippen LogP contribution in [0.5, 0.6) is 0 Å². The molecule has 1 aromatic rings. The summed E-state index contributed by atoms with van der Waals surface area (Å²) in [6.45, 7) is 1.01. The Balaban J connectivity index is 1.95. The lowest BCUT2D eigenvalue weighted by Crippen LogP contribution is -2.16. The van der Waals surface area contributed by atoms with Crippen molar-refractivity contribution in [3.05, 3.63) is 34.6 Å². The summed E-state index contributed by atoms with van der Waals surface area (Å²) in [5.41, 5.74) is 0.306. The van der Waals surface area contributed by atoms with E-state index in [1.807, 2.05) is 0 Å². The van der Waals surface area contributed by atoms with Gasteiger partial charge >= 0.3 is 0 Å². The average molecular weight is 259 g/mol. The second kappa shape index (κ2) is 5.58. The Morgan fingerprint density at radius 1 is 1.41 bits per heavy atom. The largest absolute Gasteiger partial charge is 0.350 e. The number of hydrogen-bond donors (Lipinski definition) is 0. The monoisotopic (exact) mass is 258 g/mol. The van der Waals surface area contributed by atoms with E-state index in [2.05, 4.69) is 0 Å². The highest BCUT2D eigenvalue weighted by Crippen LogP contribution is 2.19. The van der Waals surface area contributed by atoms with Crippen molar-refractivity contribution >= 4 is 17.4 Å². The summed E-state index contributed by atoms with van der Waals surface area (Å²) >= 11 is 5.63. The highest BCUT2D eigenvalue weighted by molar-refractivity contribution is 6.30. The summed E-state index contributed by atoms with van der Waals surface area (Å²) in [7, 11) is 0. The molecule has 0 aromatic heterocycles. The van der Waals surface area contributed by atoms with E-state index in [1.165, 1.54) is 6.07 Å². The highest BCUT2D eigenvalue weighted by atomic mass is 35.5. The summed E-state index contributed by atoms with van der Waals surface area (Å²) in [4.78, 5) is 11.7. The smallest absolute Gasteiger partial charge is 0.164 e. The van der Waals surface area contributed by atoms with Crippen LogP contribution < -0.4 is 0 Å². The van der Waals surface area contributed by atoms with Gasteiger partial charge in [-0.05, 0) is 11.6 Å². The summed E-state index contributed by atoms with van der Waals surface area (Å²) in [5, 5.41) is 0.0312. The fourth-order valence-corrected chi connectivity index (χ4v) is 1.87. The molecule has 2 rings (SSSR count). The first-order valence-corrected chi connectivity index (χ1v) is 5.72. The van der Waals surface area contributed by atoms with E-state index in [9.17, 15) is 9.18 Å². The van der Waals surface area contributed by atoms with Crippen LogP contribution in [0.2, 0.25) is 5.02 Å². The standard InChI is InChI=1S/C12H12ClFO3/c13-10-3-1-2-8(12(10)14)6-9(15)7-11-16-4-5-17-11/h1-3,11H,4-7H2. The van der Waals surface area contributed by atoms with Gasteiger partial charge < -0.3 is 9.47 Å². The molecule has 1 fully saturated rings. The van der Waals surface area contributed by atoms with Gasteiger partial charge in [-0.2, -0.15) is 0 Å². The molecule has 0 bridgehead atoms. The van der Waals surface area contributed by atoms with Gasteiger partial charge in [-0.25, -0.2) is 4.39 Å². The number of Topliss-reactive ketones (excluding diaryl/α,β-unsaturated/α-hetero) is 1. The lowest BCUT2D eigenvalue weighted by atomic mass is 10.1. The van der Waals surface area contributed by atoms with Crippen LogP contribution in [0.25, 0.3) is 0 Å². The number of carbonyl (C=O) groups excluding carboxylic acids is 1. The Labute approximate surface area is 103 Å². The molecular weight excluding hydrogens is 247 g/mol. The van der Waals surface area contributed by atoms with Gasteiger partial charge in [-0.1, -0.05) is 23.7 Å². The van der Waals surface area contributed by atoms with E-state index in [4.69, 9.17) is 21.1 Å². The van der Waals surface area contributed by atoms with Gasteiger partial charge in [0.1, 0.15) is 11.6 Å². The van der Waals surface area contributed by atoms with Crippen LogP contribution >= 0.6 is 11.6 Å². The number of ether oxygens (including phenoxy) is 2. The summed E-state index contributed by atoms with van der Waals surface area (Å²) < 4.78 is 23.8. The van der Waals surface area contributed by atoms with E-state index in [-0.39, 0.29) is 23.6 Å². The second-order valence-electron chi connectivity index (χ2n) is 3.80. The fourth-order valence-electron chi connectivity index (χ4n) is 1.68. The lowest BCUT2D eigenvalue weighted by Gasteiger charge is -2.08. The number of carbonyl (C=O) groups is 1. The van der Waals surface area contributed by atoms with E-state index in [1.54, 1.807) is 12.1 Å². The molecule has 1 saturated heterocycles. The third kappa shape index (κ3) is 3.25. The molecule has 1 heterocycles.